The van der Waals surface area contributed by atoms with Crippen molar-refractivity contribution < 1.29 is 0 Å². The molecule has 0 aromatic heterocycles. The normalized spacial score (nSPS) is 41.1. The maximum atomic E-state index is 3.84. The summed E-state index contributed by atoms with van der Waals surface area (Å²) >= 11 is 0. The van der Waals surface area contributed by atoms with E-state index >= 15 is 0 Å². The highest BCUT2D eigenvalue weighted by Gasteiger charge is 2.39. The first-order chi connectivity index (χ1) is 9.56. The van der Waals surface area contributed by atoms with Gasteiger partial charge in [0.15, 0.2) is 0 Å². The van der Waals surface area contributed by atoms with Crippen LogP contribution >= 0.6 is 0 Å². The molecule has 0 aliphatic heterocycles. The van der Waals surface area contributed by atoms with Crippen LogP contribution in [-0.2, 0) is 0 Å². The molecule has 0 aromatic carbocycles. The molecule has 20 heavy (non-hydrogen) atoms. The Kier molecular flexibility index (Phi) is 4.42. The lowest BCUT2D eigenvalue weighted by molar-refractivity contribution is 0.0958. The number of hydrogen-bond donors (Lipinski definition) is 1. The molecule has 2 heteroatoms. The van der Waals surface area contributed by atoms with Gasteiger partial charge in [0, 0.05) is 25.7 Å². The predicted molar refractivity (Wildman–Crippen MR) is 85.9 cm³/mol. The van der Waals surface area contributed by atoms with Crippen LogP contribution in [0.5, 0.6) is 0 Å². The third-order valence-corrected chi connectivity index (χ3v) is 6.11. The van der Waals surface area contributed by atoms with Crippen molar-refractivity contribution in [2.75, 3.05) is 26.7 Å². The number of rotatable bonds is 7. The third kappa shape index (κ3) is 3.98. The van der Waals surface area contributed by atoms with E-state index in [-0.39, 0.29) is 0 Å². The van der Waals surface area contributed by atoms with Crippen molar-refractivity contribution in [3.8, 4) is 0 Å². The number of hydrogen-bond acceptors (Lipinski definition) is 2. The van der Waals surface area contributed by atoms with Crippen LogP contribution in [0.2, 0.25) is 0 Å². The Balaban J connectivity index is 1.52. The van der Waals surface area contributed by atoms with E-state index in [1.807, 2.05) is 0 Å². The Hall–Kier alpha value is -0.0800. The maximum Gasteiger partial charge on any atom is 0.00684 e. The van der Waals surface area contributed by atoms with Gasteiger partial charge in [-0.3, -0.25) is 0 Å². The van der Waals surface area contributed by atoms with E-state index in [9.17, 15) is 0 Å². The maximum absolute atomic E-state index is 3.84. The molecule has 3 saturated carbocycles. The monoisotopic (exact) mass is 278 g/mol. The van der Waals surface area contributed by atoms with Gasteiger partial charge in [-0.1, -0.05) is 26.7 Å². The highest BCUT2D eigenvalue weighted by molar-refractivity contribution is 4.93. The molecule has 116 valence electrons. The Morgan fingerprint density at radius 2 is 1.75 bits per heavy atom. The van der Waals surface area contributed by atoms with Crippen molar-refractivity contribution in [2.45, 2.75) is 64.8 Å². The summed E-state index contributed by atoms with van der Waals surface area (Å²) in [5, 5.41) is 3.84. The first kappa shape index (κ1) is 14.8. The molecular weight excluding hydrogens is 244 g/mol. The van der Waals surface area contributed by atoms with Gasteiger partial charge in [0.25, 0.3) is 0 Å². The van der Waals surface area contributed by atoms with Crippen LogP contribution in [0.25, 0.3) is 0 Å². The number of nitrogens with one attached hydrogen (secondary N) is 1. The molecule has 2 atom stereocenters. The molecule has 0 aromatic rings. The molecule has 2 unspecified atom stereocenters. The molecule has 0 amide bonds. The molecule has 3 aliphatic carbocycles. The lowest BCUT2D eigenvalue weighted by Crippen LogP contribution is -2.46. The second-order valence-corrected chi connectivity index (χ2v) is 8.51. The fourth-order valence-corrected chi connectivity index (χ4v) is 4.10. The minimum atomic E-state index is 0.571. The highest BCUT2D eigenvalue weighted by atomic mass is 15.1. The zero-order chi connectivity index (χ0) is 14.2. The lowest BCUT2D eigenvalue weighted by Gasteiger charge is -2.42. The standard InChI is InChI=1S/C18H34N2/c1-14-6-8-18(9-7-14,12-19-17-4-5-17)13-20(3)11-16-10-15(16)2/h14-17,19H,4-13H2,1-3H3. The largest absolute Gasteiger partial charge is 0.313 e. The van der Waals surface area contributed by atoms with Gasteiger partial charge in [-0.25, -0.2) is 0 Å². The lowest BCUT2D eigenvalue weighted by atomic mass is 9.70. The van der Waals surface area contributed by atoms with Gasteiger partial charge in [-0.2, -0.15) is 0 Å². The van der Waals surface area contributed by atoms with Crippen LogP contribution in [0, 0.1) is 23.2 Å². The van der Waals surface area contributed by atoms with Gasteiger partial charge < -0.3 is 10.2 Å². The summed E-state index contributed by atoms with van der Waals surface area (Å²) in [5.74, 6) is 2.94. The van der Waals surface area contributed by atoms with Gasteiger partial charge >= 0.3 is 0 Å². The fourth-order valence-electron chi connectivity index (χ4n) is 4.10. The van der Waals surface area contributed by atoms with Gasteiger partial charge in [0.05, 0.1) is 0 Å². The zero-order valence-corrected chi connectivity index (χ0v) is 13.8. The second-order valence-electron chi connectivity index (χ2n) is 8.51. The molecular formula is C18H34N2. The Morgan fingerprint density at radius 1 is 1.10 bits per heavy atom. The predicted octanol–water partition coefficient (Wildman–Crippen LogP) is 3.52. The van der Waals surface area contributed by atoms with Crippen molar-refractivity contribution in [1.29, 1.82) is 0 Å². The first-order valence-corrected chi connectivity index (χ1v) is 8.98. The van der Waals surface area contributed by atoms with Crippen LogP contribution in [0.4, 0.5) is 0 Å². The van der Waals surface area contributed by atoms with E-state index in [4.69, 9.17) is 0 Å². The Labute approximate surface area is 125 Å². The molecule has 0 saturated heterocycles. The topological polar surface area (TPSA) is 15.3 Å². The summed E-state index contributed by atoms with van der Waals surface area (Å²) < 4.78 is 0. The summed E-state index contributed by atoms with van der Waals surface area (Å²) in [6.45, 7) is 8.78. The molecule has 3 fully saturated rings. The SMILES string of the molecule is CC1CCC(CNC2CC2)(CN(C)CC2CC2C)CC1. The van der Waals surface area contributed by atoms with E-state index < -0.39 is 0 Å². The van der Waals surface area contributed by atoms with Gasteiger partial charge in [0.2, 0.25) is 0 Å². The summed E-state index contributed by atoms with van der Waals surface area (Å²) in [6.07, 6.45) is 10.1. The Morgan fingerprint density at radius 3 is 2.30 bits per heavy atom. The molecule has 3 rings (SSSR count). The van der Waals surface area contributed by atoms with Crippen LogP contribution in [-0.4, -0.2) is 37.6 Å². The summed E-state index contributed by atoms with van der Waals surface area (Å²) in [4.78, 5) is 2.65. The molecule has 2 nitrogen and oxygen atoms in total. The van der Waals surface area contributed by atoms with Crippen molar-refractivity contribution in [1.82, 2.24) is 10.2 Å². The van der Waals surface area contributed by atoms with E-state index in [1.165, 1.54) is 64.6 Å². The van der Waals surface area contributed by atoms with Crippen molar-refractivity contribution in [3.63, 3.8) is 0 Å². The average Bonchev–Trinajstić information content (AvgIpc) is 3.31. The van der Waals surface area contributed by atoms with E-state index in [0.717, 1.165) is 23.8 Å². The molecule has 0 spiro atoms. The molecule has 1 N–H and O–H groups in total. The first-order valence-electron chi connectivity index (χ1n) is 8.98. The van der Waals surface area contributed by atoms with E-state index in [1.54, 1.807) is 0 Å². The zero-order valence-electron chi connectivity index (χ0n) is 13.8. The van der Waals surface area contributed by atoms with Crippen molar-refractivity contribution in [2.24, 2.45) is 23.2 Å². The molecule has 3 aliphatic rings. The van der Waals surface area contributed by atoms with Gasteiger partial charge in [-0.05, 0) is 62.3 Å². The highest BCUT2D eigenvalue weighted by Crippen LogP contribution is 2.42. The minimum absolute atomic E-state index is 0.571. The van der Waals surface area contributed by atoms with Gasteiger partial charge in [0.1, 0.15) is 0 Å². The molecule has 0 radical (unpaired) electrons. The molecule has 0 heterocycles. The van der Waals surface area contributed by atoms with Crippen molar-refractivity contribution in [3.05, 3.63) is 0 Å². The van der Waals surface area contributed by atoms with Crippen LogP contribution in [0.1, 0.15) is 58.8 Å². The van der Waals surface area contributed by atoms with Gasteiger partial charge in [-0.15, -0.1) is 0 Å². The fraction of sp³-hybridized carbons (Fsp3) is 1.00. The summed E-state index contributed by atoms with van der Waals surface area (Å²) in [5.41, 5.74) is 0.571. The molecule has 0 bridgehead atoms. The minimum Gasteiger partial charge on any atom is -0.313 e. The van der Waals surface area contributed by atoms with Crippen LogP contribution in [0.15, 0.2) is 0 Å². The smallest absolute Gasteiger partial charge is 0.00684 e. The Bertz CT molecular complexity index is 315. The van der Waals surface area contributed by atoms with Crippen LogP contribution < -0.4 is 5.32 Å². The summed E-state index contributed by atoms with van der Waals surface area (Å²) in [7, 11) is 2.36. The average molecular weight is 278 g/mol. The van der Waals surface area contributed by atoms with Crippen molar-refractivity contribution >= 4 is 0 Å². The van der Waals surface area contributed by atoms with Crippen LogP contribution in [0.3, 0.4) is 0 Å². The third-order valence-electron chi connectivity index (χ3n) is 6.11. The van der Waals surface area contributed by atoms with E-state index in [0.29, 0.717) is 5.41 Å². The van der Waals surface area contributed by atoms with E-state index in [2.05, 4.69) is 31.1 Å². The second kappa shape index (κ2) is 5.96. The quantitative estimate of drug-likeness (QED) is 0.766. The number of nitrogens with zero attached hydrogens (tertiary/aromatic N) is 1. The summed E-state index contributed by atoms with van der Waals surface area (Å²) in [6, 6.07) is 0.861.